The zero-order valence-electron chi connectivity index (χ0n) is 18.2. The van der Waals surface area contributed by atoms with Crippen LogP contribution < -0.4 is 10.6 Å². The second-order valence-corrected chi connectivity index (χ2v) is 6.81. The zero-order valence-corrected chi connectivity index (χ0v) is 20.5. The molecule has 7 heteroatoms. The van der Waals surface area contributed by atoms with Crippen LogP contribution >= 0.6 is 24.0 Å². The van der Waals surface area contributed by atoms with Gasteiger partial charge in [0.2, 0.25) is 0 Å². The van der Waals surface area contributed by atoms with Crippen molar-refractivity contribution in [1.29, 1.82) is 0 Å². The van der Waals surface area contributed by atoms with Crippen molar-refractivity contribution in [1.82, 2.24) is 15.5 Å². The summed E-state index contributed by atoms with van der Waals surface area (Å²) >= 11 is 0. The van der Waals surface area contributed by atoms with Crippen LogP contribution in [0.2, 0.25) is 0 Å². The number of benzene rings is 2. The number of aryl methyl sites for hydroxylation is 1. The fourth-order valence-corrected chi connectivity index (χ4v) is 2.89. The van der Waals surface area contributed by atoms with Gasteiger partial charge in [0.05, 0.1) is 6.54 Å². The van der Waals surface area contributed by atoms with E-state index in [0.29, 0.717) is 43.3 Å². The molecule has 0 aliphatic heterocycles. The maximum Gasteiger partial charge on any atom is 0.253 e. The molecule has 0 heterocycles. The van der Waals surface area contributed by atoms with Crippen LogP contribution in [0.4, 0.5) is 4.39 Å². The van der Waals surface area contributed by atoms with Crippen molar-refractivity contribution >= 4 is 35.8 Å². The third kappa shape index (κ3) is 7.59. The van der Waals surface area contributed by atoms with E-state index in [1.165, 1.54) is 6.07 Å². The van der Waals surface area contributed by atoms with Gasteiger partial charge in [0.25, 0.3) is 5.91 Å². The third-order valence-corrected chi connectivity index (χ3v) is 4.71. The summed E-state index contributed by atoms with van der Waals surface area (Å²) in [6.45, 7) is 10.8. The summed E-state index contributed by atoms with van der Waals surface area (Å²) in [6, 6.07) is 12.8. The average molecular weight is 526 g/mol. The van der Waals surface area contributed by atoms with Crippen LogP contribution in [-0.2, 0) is 13.1 Å². The smallest absolute Gasteiger partial charge is 0.253 e. The topological polar surface area (TPSA) is 56.7 Å². The number of hydrogen-bond donors (Lipinski definition) is 2. The lowest BCUT2D eigenvalue weighted by Gasteiger charge is -2.18. The van der Waals surface area contributed by atoms with Crippen LogP contribution in [0.15, 0.2) is 47.5 Å². The first-order valence-electron chi connectivity index (χ1n) is 10.1. The Morgan fingerprint density at radius 2 is 1.63 bits per heavy atom. The van der Waals surface area contributed by atoms with Crippen molar-refractivity contribution in [3.8, 4) is 0 Å². The predicted molar refractivity (Wildman–Crippen MR) is 132 cm³/mol. The standard InChI is InChI=1S/C23H31FN4O.HI/c1-5-25-23(27-16-19-9-8-17(4)21(24)14-19)26-15-18-10-12-20(13-11-18)22(29)28(6-2)7-3;/h8-14H,5-7,15-16H2,1-4H3,(H2,25,26,27);1H. The normalized spacial score (nSPS) is 10.9. The van der Waals surface area contributed by atoms with Crippen molar-refractivity contribution in [2.75, 3.05) is 19.6 Å². The first-order valence-corrected chi connectivity index (χ1v) is 10.1. The van der Waals surface area contributed by atoms with Crippen LogP contribution in [0.1, 0.15) is 47.8 Å². The zero-order chi connectivity index (χ0) is 21.2. The monoisotopic (exact) mass is 526 g/mol. The van der Waals surface area contributed by atoms with E-state index in [0.717, 1.165) is 17.7 Å². The molecule has 0 fully saturated rings. The Hall–Kier alpha value is -2.16. The summed E-state index contributed by atoms with van der Waals surface area (Å²) in [6.07, 6.45) is 0. The number of aliphatic imine (C=N–C) groups is 1. The van der Waals surface area contributed by atoms with E-state index in [1.807, 2.05) is 51.1 Å². The largest absolute Gasteiger partial charge is 0.357 e. The molecule has 0 aliphatic rings. The molecule has 30 heavy (non-hydrogen) atoms. The SMILES string of the molecule is CCNC(=NCc1ccc(C)c(F)c1)NCc1ccc(C(=O)N(CC)CC)cc1.I. The molecule has 0 aromatic heterocycles. The number of hydrogen-bond acceptors (Lipinski definition) is 2. The lowest BCUT2D eigenvalue weighted by molar-refractivity contribution is 0.0773. The van der Waals surface area contributed by atoms with E-state index in [9.17, 15) is 9.18 Å². The van der Waals surface area contributed by atoms with Gasteiger partial charge < -0.3 is 15.5 Å². The van der Waals surface area contributed by atoms with Gasteiger partial charge in [-0.2, -0.15) is 0 Å². The number of rotatable bonds is 8. The number of carbonyl (C=O) groups excluding carboxylic acids is 1. The van der Waals surface area contributed by atoms with Crippen molar-refractivity contribution < 1.29 is 9.18 Å². The van der Waals surface area contributed by atoms with Gasteiger partial charge in [0, 0.05) is 31.7 Å². The Bertz CT molecular complexity index is 836. The molecular formula is C23H32FIN4O. The third-order valence-electron chi connectivity index (χ3n) is 4.71. The highest BCUT2D eigenvalue weighted by atomic mass is 127. The van der Waals surface area contributed by atoms with Gasteiger partial charge in [0.15, 0.2) is 5.96 Å². The van der Waals surface area contributed by atoms with Crippen molar-refractivity contribution in [3.05, 3.63) is 70.5 Å². The molecule has 2 N–H and O–H groups in total. The molecule has 164 valence electrons. The molecule has 2 aromatic carbocycles. The van der Waals surface area contributed by atoms with Crippen LogP contribution in [-0.4, -0.2) is 36.4 Å². The average Bonchev–Trinajstić information content (AvgIpc) is 2.73. The van der Waals surface area contributed by atoms with Crippen molar-refractivity contribution in [3.63, 3.8) is 0 Å². The van der Waals surface area contributed by atoms with Crippen LogP contribution in [0, 0.1) is 12.7 Å². The first kappa shape index (κ1) is 25.9. The highest BCUT2D eigenvalue weighted by Gasteiger charge is 2.11. The molecule has 0 radical (unpaired) electrons. The minimum Gasteiger partial charge on any atom is -0.357 e. The highest BCUT2D eigenvalue weighted by molar-refractivity contribution is 14.0. The van der Waals surface area contributed by atoms with Gasteiger partial charge in [0.1, 0.15) is 5.82 Å². The van der Waals surface area contributed by atoms with E-state index < -0.39 is 0 Å². The van der Waals surface area contributed by atoms with Gasteiger partial charge in [-0.1, -0.05) is 24.3 Å². The Morgan fingerprint density at radius 3 is 2.20 bits per heavy atom. The predicted octanol–water partition coefficient (Wildman–Crippen LogP) is 4.49. The molecule has 2 rings (SSSR count). The minimum atomic E-state index is -0.213. The first-order chi connectivity index (χ1) is 14.0. The Labute approximate surface area is 196 Å². The van der Waals surface area contributed by atoms with Gasteiger partial charge in [-0.05, 0) is 62.6 Å². The summed E-state index contributed by atoms with van der Waals surface area (Å²) in [5.41, 5.74) is 3.20. The highest BCUT2D eigenvalue weighted by Crippen LogP contribution is 2.10. The number of halogens is 2. The molecule has 1 amide bonds. The number of nitrogens with one attached hydrogen (secondary N) is 2. The molecule has 0 atom stereocenters. The van der Waals surface area contributed by atoms with E-state index in [4.69, 9.17) is 0 Å². The molecule has 0 saturated carbocycles. The van der Waals surface area contributed by atoms with Crippen molar-refractivity contribution in [2.45, 2.75) is 40.8 Å². The summed E-state index contributed by atoms with van der Waals surface area (Å²) in [5.74, 6) is 0.501. The number of amides is 1. The van der Waals surface area contributed by atoms with Crippen LogP contribution in [0.5, 0.6) is 0 Å². The molecular weight excluding hydrogens is 494 g/mol. The minimum absolute atomic E-state index is 0. The van der Waals surface area contributed by atoms with E-state index >= 15 is 0 Å². The van der Waals surface area contributed by atoms with Crippen LogP contribution in [0.25, 0.3) is 0 Å². The van der Waals surface area contributed by atoms with Crippen LogP contribution in [0.3, 0.4) is 0 Å². The molecule has 0 unspecified atom stereocenters. The summed E-state index contributed by atoms with van der Waals surface area (Å²) in [7, 11) is 0. The molecule has 5 nitrogen and oxygen atoms in total. The quantitative estimate of drug-likeness (QED) is 0.303. The summed E-state index contributed by atoms with van der Waals surface area (Å²) in [4.78, 5) is 18.7. The molecule has 0 saturated heterocycles. The molecule has 2 aromatic rings. The molecule has 0 spiro atoms. The lowest BCUT2D eigenvalue weighted by atomic mass is 10.1. The maximum absolute atomic E-state index is 13.7. The van der Waals surface area contributed by atoms with Gasteiger partial charge >= 0.3 is 0 Å². The fourth-order valence-electron chi connectivity index (χ4n) is 2.89. The second kappa shape index (κ2) is 13.2. The fraction of sp³-hybridized carbons (Fsp3) is 0.391. The molecule has 0 aliphatic carbocycles. The van der Waals surface area contributed by atoms with Crippen molar-refractivity contribution in [2.24, 2.45) is 4.99 Å². The number of carbonyl (C=O) groups is 1. The summed E-state index contributed by atoms with van der Waals surface area (Å²) in [5, 5.41) is 6.47. The second-order valence-electron chi connectivity index (χ2n) is 6.81. The molecule has 0 bridgehead atoms. The van der Waals surface area contributed by atoms with Gasteiger partial charge in [-0.15, -0.1) is 24.0 Å². The van der Waals surface area contributed by atoms with Gasteiger partial charge in [-0.25, -0.2) is 9.38 Å². The summed E-state index contributed by atoms with van der Waals surface area (Å²) < 4.78 is 13.7. The van der Waals surface area contributed by atoms with E-state index in [-0.39, 0.29) is 35.7 Å². The van der Waals surface area contributed by atoms with Gasteiger partial charge in [-0.3, -0.25) is 4.79 Å². The number of guanidine groups is 1. The Morgan fingerprint density at radius 1 is 1.00 bits per heavy atom. The maximum atomic E-state index is 13.7. The number of nitrogens with zero attached hydrogens (tertiary/aromatic N) is 2. The Balaban J connectivity index is 0.00000450. The lowest BCUT2D eigenvalue weighted by Crippen LogP contribution is -2.36. The van der Waals surface area contributed by atoms with E-state index in [2.05, 4.69) is 15.6 Å². The Kier molecular flexibility index (Phi) is 11.4. The van der Waals surface area contributed by atoms with E-state index in [1.54, 1.807) is 17.9 Å².